The van der Waals surface area contributed by atoms with Crippen LogP contribution in [0.5, 0.6) is 5.75 Å². The van der Waals surface area contributed by atoms with Gasteiger partial charge in [0.15, 0.2) is 0 Å². The van der Waals surface area contributed by atoms with Crippen LogP contribution in [0.15, 0.2) is 42.5 Å². The number of hydrogen-bond donors (Lipinski definition) is 2. The van der Waals surface area contributed by atoms with Gasteiger partial charge in [0.05, 0.1) is 18.2 Å². The smallest absolute Gasteiger partial charge is 0.256 e. The van der Waals surface area contributed by atoms with Gasteiger partial charge < -0.3 is 20.5 Å². The maximum atomic E-state index is 12.9. The molecule has 0 aromatic heterocycles. The Morgan fingerprint density at radius 3 is 2.77 bits per heavy atom. The minimum atomic E-state index is -0.120. The number of rotatable bonds is 5. The Kier molecular flexibility index (Phi) is 5.78. The summed E-state index contributed by atoms with van der Waals surface area (Å²) in [6, 6.07) is 13.3. The van der Waals surface area contributed by atoms with Gasteiger partial charge >= 0.3 is 0 Å². The third-order valence-corrected chi connectivity index (χ3v) is 4.91. The number of anilines is 1. The zero-order chi connectivity index (χ0) is 18.5. The van der Waals surface area contributed by atoms with Gasteiger partial charge in [0, 0.05) is 18.3 Å². The molecule has 0 radical (unpaired) electrons. The number of nitrogens with two attached hydrogens (primary N) is 1. The van der Waals surface area contributed by atoms with Gasteiger partial charge in [-0.25, -0.2) is 0 Å². The number of amides is 1. The van der Waals surface area contributed by atoms with Crippen molar-refractivity contribution in [2.24, 2.45) is 0 Å². The summed E-state index contributed by atoms with van der Waals surface area (Å²) >= 11 is 0. The minimum absolute atomic E-state index is 0.0110. The maximum absolute atomic E-state index is 12.9. The highest BCUT2D eigenvalue weighted by molar-refractivity contribution is 6.00. The number of piperidine rings is 1. The van der Waals surface area contributed by atoms with Gasteiger partial charge in [-0.3, -0.25) is 4.79 Å². The molecule has 0 unspecified atom stereocenters. The monoisotopic (exact) mass is 354 g/mol. The van der Waals surface area contributed by atoms with Gasteiger partial charge in [0.2, 0.25) is 0 Å². The van der Waals surface area contributed by atoms with Crippen LogP contribution in [0.3, 0.4) is 0 Å². The fourth-order valence-electron chi connectivity index (χ4n) is 3.39. The second-order valence-corrected chi connectivity index (χ2v) is 6.81. The molecule has 1 atom stereocenters. The second-order valence-electron chi connectivity index (χ2n) is 6.81. The third kappa shape index (κ3) is 3.99. The lowest BCUT2D eigenvalue weighted by Crippen LogP contribution is -2.45. The topological polar surface area (TPSA) is 75.8 Å². The van der Waals surface area contributed by atoms with Crippen molar-refractivity contribution in [1.82, 2.24) is 4.90 Å². The number of ether oxygens (including phenoxy) is 1. The number of aryl methyl sites for hydroxylation is 1. The highest BCUT2D eigenvalue weighted by Gasteiger charge is 2.28. The molecule has 1 aliphatic rings. The molecule has 3 rings (SSSR count). The molecule has 1 fully saturated rings. The van der Waals surface area contributed by atoms with E-state index >= 15 is 0 Å². The van der Waals surface area contributed by atoms with Gasteiger partial charge in [-0.15, -0.1) is 0 Å². The number of carbonyl (C=O) groups is 1. The standard InChI is InChI=1S/C21H26N2O3/c1-15-11-18(21(25)23-10-6-5-9-17(23)13-24)19(22)12-20(15)26-14-16-7-3-2-4-8-16/h2-4,7-8,11-12,17,24H,5-6,9-10,13-14,22H2,1H3/t17-/m0/s1. The summed E-state index contributed by atoms with van der Waals surface area (Å²) in [5.74, 6) is 0.569. The van der Waals surface area contributed by atoms with E-state index in [-0.39, 0.29) is 18.6 Å². The highest BCUT2D eigenvalue weighted by atomic mass is 16.5. The molecule has 1 saturated heterocycles. The minimum Gasteiger partial charge on any atom is -0.489 e. The first-order valence-corrected chi connectivity index (χ1v) is 9.09. The molecule has 0 saturated carbocycles. The first-order chi connectivity index (χ1) is 12.6. The van der Waals surface area contributed by atoms with E-state index in [0.29, 0.717) is 30.2 Å². The Bertz CT molecular complexity index is 761. The number of carbonyl (C=O) groups excluding carboxylic acids is 1. The summed E-state index contributed by atoms with van der Waals surface area (Å²) in [6.07, 6.45) is 2.83. The van der Waals surface area contributed by atoms with Crippen molar-refractivity contribution in [2.45, 2.75) is 38.8 Å². The fourth-order valence-corrected chi connectivity index (χ4v) is 3.39. The van der Waals surface area contributed by atoms with Crippen molar-refractivity contribution < 1.29 is 14.6 Å². The van der Waals surface area contributed by atoms with Crippen molar-refractivity contribution in [3.05, 3.63) is 59.2 Å². The molecule has 5 nitrogen and oxygen atoms in total. The normalized spacial score (nSPS) is 17.2. The lowest BCUT2D eigenvalue weighted by atomic mass is 10.00. The maximum Gasteiger partial charge on any atom is 0.256 e. The van der Waals surface area contributed by atoms with Gasteiger partial charge in [0.25, 0.3) is 5.91 Å². The van der Waals surface area contributed by atoms with Gasteiger partial charge in [-0.1, -0.05) is 30.3 Å². The van der Waals surface area contributed by atoms with Gasteiger partial charge in [0.1, 0.15) is 12.4 Å². The Labute approximate surface area is 154 Å². The summed E-state index contributed by atoms with van der Waals surface area (Å²) in [5.41, 5.74) is 9.00. The zero-order valence-electron chi connectivity index (χ0n) is 15.1. The Morgan fingerprint density at radius 2 is 2.04 bits per heavy atom. The predicted molar refractivity (Wildman–Crippen MR) is 102 cm³/mol. The van der Waals surface area contributed by atoms with Crippen LogP contribution in [0.1, 0.15) is 40.7 Å². The first kappa shape index (κ1) is 18.3. The number of likely N-dealkylation sites (tertiary alicyclic amines) is 1. The van der Waals surface area contributed by atoms with Crippen LogP contribution in [0.2, 0.25) is 0 Å². The molecule has 0 bridgehead atoms. The summed E-state index contributed by atoms with van der Waals surface area (Å²) < 4.78 is 5.88. The van der Waals surface area contributed by atoms with Gasteiger partial charge in [-0.2, -0.15) is 0 Å². The molecule has 2 aromatic rings. The van der Waals surface area contributed by atoms with E-state index in [4.69, 9.17) is 10.5 Å². The van der Waals surface area contributed by atoms with E-state index in [1.54, 1.807) is 17.0 Å². The second kappa shape index (κ2) is 8.23. The van der Waals surface area contributed by atoms with E-state index < -0.39 is 0 Å². The van der Waals surface area contributed by atoms with E-state index in [9.17, 15) is 9.90 Å². The summed E-state index contributed by atoms with van der Waals surface area (Å²) in [6.45, 7) is 3.01. The number of aliphatic hydroxyl groups excluding tert-OH is 1. The SMILES string of the molecule is Cc1cc(C(=O)N2CCCC[C@H]2CO)c(N)cc1OCc1ccccc1. The Hall–Kier alpha value is -2.53. The van der Waals surface area contributed by atoms with Crippen LogP contribution in [-0.4, -0.2) is 35.1 Å². The highest BCUT2D eigenvalue weighted by Crippen LogP contribution is 2.28. The first-order valence-electron chi connectivity index (χ1n) is 9.09. The summed E-state index contributed by atoms with van der Waals surface area (Å²) in [5, 5.41) is 9.56. The summed E-state index contributed by atoms with van der Waals surface area (Å²) in [7, 11) is 0. The van der Waals surface area contributed by atoms with Crippen molar-refractivity contribution in [3.8, 4) is 5.75 Å². The lowest BCUT2D eigenvalue weighted by molar-refractivity contribution is 0.0504. The average molecular weight is 354 g/mol. The van der Waals surface area contributed by atoms with Gasteiger partial charge in [-0.05, 0) is 43.4 Å². The zero-order valence-corrected chi connectivity index (χ0v) is 15.1. The number of aliphatic hydroxyl groups is 1. The van der Waals surface area contributed by atoms with E-state index in [0.717, 1.165) is 30.4 Å². The Balaban J connectivity index is 1.77. The van der Waals surface area contributed by atoms with Crippen LogP contribution >= 0.6 is 0 Å². The van der Waals surface area contributed by atoms with Crippen LogP contribution in [0.4, 0.5) is 5.69 Å². The number of benzene rings is 2. The van der Waals surface area contributed by atoms with Crippen LogP contribution < -0.4 is 10.5 Å². The lowest BCUT2D eigenvalue weighted by Gasteiger charge is -2.35. The number of nitrogen functional groups attached to an aromatic ring is 1. The van der Waals surface area contributed by atoms with Crippen LogP contribution in [-0.2, 0) is 6.61 Å². The number of hydrogen-bond acceptors (Lipinski definition) is 4. The van der Waals surface area contributed by atoms with E-state index in [1.807, 2.05) is 37.3 Å². The van der Waals surface area contributed by atoms with Crippen LogP contribution in [0, 0.1) is 6.92 Å². The average Bonchev–Trinajstić information content (AvgIpc) is 2.68. The number of nitrogens with zero attached hydrogens (tertiary/aromatic N) is 1. The summed E-state index contributed by atoms with van der Waals surface area (Å²) in [4.78, 5) is 14.7. The van der Waals surface area contributed by atoms with Crippen molar-refractivity contribution in [3.63, 3.8) is 0 Å². The molecule has 5 heteroatoms. The van der Waals surface area contributed by atoms with E-state index in [2.05, 4.69) is 0 Å². The molecular formula is C21H26N2O3. The van der Waals surface area contributed by atoms with Crippen molar-refractivity contribution >= 4 is 11.6 Å². The quantitative estimate of drug-likeness (QED) is 0.809. The predicted octanol–water partition coefficient (Wildman–Crippen LogP) is 3.14. The molecule has 26 heavy (non-hydrogen) atoms. The molecule has 0 spiro atoms. The molecule has 1 amide bonds. The molecule has 0 aliphatic carbocycles. The fraction of sp³-hybridized carbons (Fsp3) is 0.381. The molecule has 1 heterocycles. The third-order valence-electron chi connectivity index (χ3n) is 4.91. The molecular weight excluding hydrogens is 328 g/mol. The molecule has 1 aliphatic heterocycles. The van der Waals surface area contributed by atoms with Crippen molar-refractivity contribution in [1.29, 1.82) is 0 Å². The molecule has 3 N–H and O–H groups in total. The molecule has 2 aromatic carbocycles. The largest absolute Gasteiger partial charge is 0.489 e. The van der Waals surface area contributed by atoms with Crippen molar-refractivity contribution in [2.75, 3.05) is 18.9 Å². The molecule has 138 valence electrons. The van der Waals surface area contributed by atoms with Crippen LogP contribution in [0.25, 0.3) is 0 Å². The Morgan fingerprint density at radius 1 is 1.27 bits per heavy atom. The van der Waals surface area contributed by atoms with E-state index in [1.165, 1.54) is 0 Å².